The van der Waals surface area contributed by atoms with E-state index in [2.05, 4.69) is 133 Å². The van der Waals surface area contributed by atoms with E-state index in [9.17, 15) is 95.9 Å². The lowest BCUT2D eigenvalue weighted by Gasteiger charge is -2.09. The molecule has 0 heterocycles. The van der Waals surface area contributed by atoms with Crippen LogP contribution in [0.3, 0.4) is 0 Å². The Hall–Kier alpha value is -3.37. The van der Waals surface area contributed by atoms with Gasteiger partial charge in [0.1, 0.15) is 67.8 Å². The number of carboxylic acids is 9. The number of carboxylic acid groups (broad SMARTS) is 9. The normalized spacial score (nSPS) is 9.74. The second-order valence-corrected chi connectivity index (χ2v) is 40.0. The van der Waals surface area contributed by atoms with Crippen molar-refractivity contribution < 1.29 is 208 Å². The summed E-state index contributed by atoms with van der Waals surface area (Å²) in [7, 11) is 11.0. The van der Waals surface area contributed by atoms with Crippen LogP contribution in [-0.2, 0) is 162 Å². The van der Waals surface area contributed by atoms with Crippen LogP contribution < -0.4 is 0 Å². The predicted molar refractivity (Wildman–Crippen MR) is 534 cm³/mol. The van der Waals surface area contributed by atoms with E-state index in [1.165, 1.54) is 113 Å². The Labute approximate surface area is 842 Å². The van der Waals surface area contributed by atoms with E-state index >= 15 is 0 Å². The van der Waals surface area contributed by atoms with Crippen LogP contribution in [0.4, 0.5) is 0 Å². The molecule has 0 radical (unpaired) electrons. The minimum atomic E-state index is -1.09. The van der Waals surface area contributed by atoms with Crippen molar-refractivity contribution in [3.05, 3.63) is 0 Å². The first kappa shape index (κ1) is 151. The minimum absolute atomic E-state index is 0.0207. The molecule has 64 heteroatoms. The number of rotatable bonds is 78. The lowest BCUT2D eigenvalue weighted by molar-refractivity contribution is -0.153. The highest BCUT2D eigenvalue weighted by atomic mass is 33.1. The topological polar surface area (TPSA) is 653 Å². The highest BCUT2D eigenvalue weighted by Crippen LogP contribution is 2.31. The fraction of sp³-hybridized carbons (Fsp3) is 0.692. The molecule has 0 spiro atoms. The van der Waals surface area contributed by atoms with Crippen molar-refractivity contribution >= 4 is 368 Å². The summed E-state index contributed by atoms with van der Waals surface area (Å²) in [6.45, 7) is 9.72. The van der Waals surface area contributed by atoms with E-state index in [1.54, 1.807) is 35.4 Å². The summed E-state index contributed by atoms with van der Waals surface area (Å²) in [5.41, 5.74) is -0.311. The van der Waals surface area contributed by atoms with Gasteiger partial charge in [-0.1, -0.05) is 75.6 Å². The van der Waals surface area contributed by atoms with E-state index in [1.807, 2.05) is 11.8 Å². The Morgan fingerprint density at radius 1 is 0.302 bits per heavy atom. The van der Waals surface area contributed by atoms with E-state index in [4.69, 9.17) is 55.4 Å². The molecule has 0 saturated heterocycles. The molecule has 2 unspecified atom stereocenters. The van der Waals surface area contributed by atoms with Crippen molar-refractivity contribution in [2.75, 3.05) is 217 Å². The number of hydrogen-bond acceptors (Lipinski definition) is 55. The van der Waals surface area contributed by atoms with Gasteiger partial charge in [-0.2, -0.15) is 99.3 Å². The first-order chi connectivity index (χ1) is 61.8. The molecule has 0 aromatic rings. The third kappa shape index (κ3) is 209. The molecule has 0 bridgehead atoms. The summed E-state index contributed by atoms with van der Waals surface area (Å²) in [6, 6.07) is 0. The van der Waals surface area contributed by atoms with Gasteiger partial charge in [0, 0.05) is 80.5 Å². The molecular weight excluding hydrogens is 2140 g/mol. The highest BCUT2D eigenvalue weighted by molar-refractivity contribution is 8.77. The number of thioether (sulfide) groups is 7. The maximum Gasteiger partial charge on any atom is 0.329 e. The summed E-state index contributed by atoms with van der Waals surface area (Å²) in [5, 5.41) is 74.0. The molecule has 129 heavy (non-hydrogen) atoms. The molecule has 0 aliphatic heterocycles. The molecule has 43 nitrogen and oxygen atoms in total. The molecule has 0 fully saturated rings. The zero-order valence-electron chi connectivity index (χ0n) is 69.6. The van der Waals surface area contributed by atoms with Crippen LogP contribution in [0.2, 0.25) is 0 Å². The van der Waals surface area contributed by atoms with E-state index in [0.717, 1.165) is 86.5 Å². The molecule has 2 atom stereocenters. The number of ether oxygens (including phenoxy) is 14. The first-order valence-electron chi connectivity index (χ1n) is 35.1. The monoisotopic (exact) mass is 2250 g/mol. The molecule has 0 rings (SSSR count). The standard InChI is InChI=1S/C8H14O4S2.4C6H10O4S2.C6H10O4S.C6H14O2S2.C5H8O4S2.C4H6O5.C4H6O4S2.C4H6O4S.C4H10S3/c9-7-12-4-2-6-14-13-5-1-3-8(10)11;1-4(6(8)9)11-12-5(2)10-3-7;7-5-10-2-4-12-11-3-1-6(8)9;7-4-10-5-12-2-1-11-3-6(8)9;7-5(3-11)9-1-2-10-6(8)4-12;7-5-10-2-4-11-3-1-6(8)9;9-5-3-7-1-2-8-4-6-10;6-2-9-3-11-4-10-1-5(7)8;5-2-9-3-8-1-4(6)7;5-2-8-3-10-9-1-4(6)7;5-2-8-3-9-1-4(6)7;5-1-3-7-4-2-6/h7H,1-6H2,(H,10,11);3-5H,1-2H3,(H,8,9);5H,1-4H2,(H,8,9);4H,1-3,5H2,(H,8,9);11-12H,1-4H2;5H,1-4H2,(H,8,9);9-10H,1-6H2;2H,1,3-4H2,(H,7,8);2H,1,3H2,(H,6,7);2H,1,3H2,(H,6,7);2H,1,3H2,(H,6,7);5-6H,1-4H2. The van der Waals surface area contributed by atoms with Crippen molar-refractivity contribution in [2.45, 2.75) is 56.6 Å². The van der Waals surface area contributed by atoms with Crippen LogP contribution in [0, 0.1) is 0 Å². The third-order valence-electron chi connectivity index (χ3n) is 8.85. The van der Waals surface area contributed by atoms with E-state index in [-0.39, 0.29) is 110 Å². The molecule has 0 saturated carbocycles. The quantitative estimate of drug-likeness (QED) is 0.00522. The van der Waals surface area contributed by atoms with E-state index in [0.29, 0.717) is 132 Å². The Morgan fingerprint density at radius 2 is 0.713 bits per heavy atom. The average Bonchev–Trinajstić information content (AvgIpc) is 1.00. The molecule has 9 N–H and O–H groups in total. The largest absolute Gasteiger partial charge is 0.481 e. The number of thiol groups is 6. The van der Waals surface area contributed by atoms with Crippen LogP contribution in [0.15, 0.2) is 0 Å². The molecule has 0 amide bonds. The average molecular weight is 2260 g/mol. The lowest BCUT2D eigenvalue weighted by Crippen LogP contribution is -2.14. The summed E-state index contributed by atoms with van der Waals surface area (Å²) < 4.78 is 62.8. The maximum absolute atomic E-state index is 10.5. The fourth-order valence-corrected chi connectivity index (χ4v) is 17.0. The van der Waals surface area contributed by atoms with Crippen LogP contribution in [0.25, 0.3) is 0 Å². The van der Waals surface area contributed by atoms with Gasteiger partial charge in [0.2, 0.25) is 0 Å². The van der Waals surface area contributed by atoms with Gasteiger partial charge < -0.3 is 112 Å². The number of hydrogen-bond donors (Lipinski definition) is 15. The number of carbonyl (C=O) groups excluding carboxylic acids is 11. The Bertz CT molecular complexity index is 2510. The van der Waals surface area contributed by atoms with Crippen molar-refractivity contribution in [3.8, 4) is 0 Å². The zero-order valence-corrected chi connectivity index (χ0v) is 87.2. The van der Waals surface area contributed by atoms with Gasteiger partial charge in [-0.3, -0.25) is 91.1 Å². The molecule has 0 aromatic carbocycles. The minimum Gasteiger partial charge on any atom is -0.481 e. The molecule has 0 aliphatic rings. The summed E-state index contributed by atoms with van der Waals surface area (Å²) in [4.78, 5) is 197. The summed E-state index contributed by atoms with van der Waals surface area (Å²) >= 11 is 33.3. The van der Waals surface area contributed by atoms with Crippen LogP contribution >= 0.6 is 244 Å². The second kappa shape index (κ2) is 145. The van der Waals surface area contributed by atoms with Gasteiger partial charge in [-0.25, -0.2) is 4.79 Å². The highest BCUT2D eigenvalue weighted by Gasteiger charge is 2.14. The maximum atomic E-state index is 10.5. The fourth-order valence-electron chi connectivity index (χ4n) is 4.13. The van der Waals surface area contributed by atoms with Gasteiger partial charge in [0.05, 0.1) is 74.6 Å². The second-order valence-electron chi connectivity index (χ2n) is 19.0. The molecule has 0 aromatic heterocycles. The smallest absolute Gasteiger partial charge is 0.329 e. The predicted octanol–water partition coefficient (Wildman–Crippen LogP) is 7.96. The van der Waals surface area contributed by atoms with Crippen LogP contribution in [-0.4, -0.2) is 397 Å². The number of esters is 2. The molecule has 0 aliphatic carbocycles. The van der Waals surface area contributed by atoms with Gasteiger partial charge >= 0.3 is 65.7 Å². The number of carbonyl (C=O) groups is 20. The van der Waals surface area contributed by atoms with Crippen molar-refractivity contribution in [1.82, 2.24) is 0 Å². The molecule has 758 valence electrons. The van der Waals surface area contributed by atoms with Crippen molar-refractivity contribution in [1.29, 1.82) is 0 Å². The first-order valence-corrected chi connectivity index (χ1v) is 56.7. The lowest BCUT2D eigenvalue weighted by atomic mass is 10.3. The van der Waals surface area contributed by atoms with Gasteiger partial charge in [0.15, 0.2) is 12.2 Å². The third-order valence-corrected chi connectivity index (χ3v) is 27.4. The SMILES string of the molecule is CC(OC=O)SSC(C)C(=O)O.O=C(CS)OCCOC(=O)CS.O=COCCCSSCCCC(=O)O.O=COCCSCCC(=O)O.O=COCCSSCCC(=O)O.O=COCOCC(=O)O.O=COCSCC(=O)O.O=COCSCCSCC(=O)O.O=COCSCSCC(=O)O.O=COCSSCC(=O)O.SCCOCCOCCS.SCCSCCS. The Morgan fingerprint density at radius 3 is 1.16 bits per heavy atom. The van der Waals surface area contributed by atoms with Crippen LogP contribution in [0.5, 0.6) is 0 Å². The van der Waals surface area contributed by atoms with Crippen molar-refractivity contribution in [2.24, 2.45) is 0 Å². The Kier molecular flexibility index (Phi) is 170. The summed E-state index contributed by atoms with van der Waals surface area (Å²) in [6.07, 6.45) is 2.12. The Balaban J connectivity index is -0.000000116. The van der Waals surface area contributed by atoms with Crippen molar-refractivity contribution in [3.63, 3.8) is 0 Å². The van der Waals surface area contributed by atoms with Gasteiger partial charge in [-0.05, 0) is 49.0 Å². The summed E-state index contributed by atoms with van der Waals surface area (Å²) in [5.74, 6) is 4.32. The van der Waals surface area contributed by atoms with Gasteiger partial charge in [0.25, 0.3) is 58.2 Å². The number of aliphatic carboxylic acids is 9. The zero-order chi connectivity index (χ0) is 100. The van der Waals surface area contributed by atoms with Gasteiger partial charge in [-0.15, -0.1) is 58.8 Å². The van der Waals surface area contributed by atoms with Crippen LogP contribution in [0.1, 0.15) is 46.0 Å². The molecular formula is C65H114O43S21. The van der Waals surface area contributed by atoms with E-state index < -0.39 is 77.5 Å².